The second-order valence-corrected chi connectivity index (χ2v) is 5.68. The Balaban J connectivity index is 2.16. The first-order valence-electron chi connectivity index (χ1n) is 7.48. The van der Waals surface area contributed by atoms with Crippen molar-refractivity contribution in [3.63, 3.8) is 0 Å². The van der Waals surface area contributed by atoms with Crippen LogP contribution in [0.5, 0.6) is 5.75 Å². The summed E-state index contributed by atoms with van der Waals surface area (Å²) in [6.07, 6.45) is 0.447. The molecule has 0 bridgehead atoms. The molecule has 0 radical (unpaired) electrons. The Kier molecular flexibility index (Phi) is 4.89. The lowest BCUT2D eigenvalue weighted by Crippen LogP contribution is -2.45. The first-order valence-corrected chi connectivity index (χ1v) is 7.48. The second-order valence-electron chi connectivity index (χ2n) is 5.68. The highest BCUT2D eigenvalue weighted by molar-refractivity contribution is 5.54. The van der Waals surface area contributed by atoms with Crippen LogP contribution in [0.15, 0.2) is 18.2 Å². The van der Waals surface area contributed by atoms with Crippen LogP contribution in [0.1, 0.15) is 39.3 Å². The van der Waals surface area contributed by atoms with Crippen molar-refractivity contribution in [1.82, 2.24) is 5.32 Å². The summed E-state index contributed by atoms with van der Waals surface area (Å²) in [4.78, 5) is 2.28. The molecule has 1 aliphatic rings. The van der Waals surface area contributed by atoms with E-state index in [1.54, 1.807) is 0 Å². The van der Waals surface area contributed by atoms with E-state index < -0.39 is 0 Å². The Labute approximate surface area is 121 Å². The van der Waals surface area contributed by atoms with E-state index in [9.17, 15) is 5.11 Å². The average Bonchev–Trinajstić information content (AvgIpc) is 2.37. The summed E-state index contributed by atoms with van der Waals surface area (Å²) in [7, 11) is 0. The number of phenols is 1. The van der Waals surface area contributed by atoms with Gasteiger partial charge in [0, 0.05) is 36.4 Å². The van der Waals surface area contributed by atoms with Gasteiger partial charge in [-0.2, -0.15) is 0 Å². The van der Waals surface area contributed by atoms with Crippen molar-refractivity contribution in [2.24, 2.45) is 0 Å². The van der Waals surface area contributed by atoms with Crippen LogP contribution in [-0.2, 0) is 4.74 Å². The van der Waals surface area contributed by atoms with Crippen molar-refractivity contribution in [3.05, 3.63) is 23.8 Å². The number of anilines is 1. The van der Waals surface area contributed by atoms with Crippen molar-refractivity contribution in [3.8, 4) is 5.75 Å². The van der Waals surface area contributed by atoms with Gasteiger partial charge >= 0.3 is 0 Å². The lowest BCUT2D eigenvalue weighted by molar-refractivity contribution is -0.00523. The van der Waals surface area contributed by atoms with Crippen molar-refractivity contribution < 1.29 is 9.84 Å². The summed E-state index contributed by atoms with van der Waals surface area (Å²) in [6, 6.07) is 6.14. The molecule has 1 saturated heterocycles. The van der Waals surface area contributed by atoms with Crippen LogP contribution in [0.25, 0.3) is 0 Å². The van der Waals surface area contributed by atoms with Gasteiger partial charge in [-0.15, -0.1) is 0 Å². The number of rotatable bonds is 4. The smallest absolute Gasteiger partial charge is 0.122 e. The Morgan fingerprint density at radius 1 is 1.35 bits per heavy atom. The minimum absolute atomic E-state index is 0.164. The predicted octanol–water partition coefficient (Wildman–Crippen LogP) is 2.68. The monoisotopic (exact) mass is 278 g/mol. The second kappa shape index (κ2) is 6.46. The molecule has 1 aliphatic heterocycles. The highest BCUT2D eigenvalue weighted by Crippen LogP contribution is 2.30. The van der Waals surface area contributed by atoms with Gasteiger partial charge in [-0.05, 0) is 33.4 Å². The fourth-order valence-corrected chi connectivity index (χ4v) is 2.90. The lowest BCUT2D eigenvalue weighted by Gasteiger charge is -2.37. The quantitative estimate of drug-likeness (QED) is 0.889. The van der Waals surface area contributed by atoms with Gasteiger partial charge < -0.3 is 20.1 Å². The summed E-state index contributed by atoms with van der Waals surface area (Å²) >= 11 is 0. The summed E-state index contributed by atoms with van der Waals surface area (Å²) < 4.78 is 5.75. The van der Waals surface area contributed by atoms with Crippen LogP contribution in [0, 0.1) is 0 Å². The molecule has 1 heterocycles. The standard InChI is InChI=1S/C16H26N2O2/c1-5-17-13(4)15-7-6-14(8-16(15)19)18-9-11(2)20-12(3)10-18/h6-8,11-13,17,19H,5,9-10H2,1-4H3/t11-,12+,13?. The molecule has 0 spiro atoms. The van der Waals surface area contributed by atoms with E-state index in [2.05, 4.69) is 44.0 Å². The molecule has 0 aliphatic carbocycles. The maximum atomic E-state index is 10.3. The van der Waals surface area contributed by atoms with Crippen LogP contribution >= 0.6 is 0 Å². The number of ether oxygens (including phenoxy) is 1. The molecule has 4 heteroatoms. The third kappa shape index (κ3) is 3.44. The van der Waals surface area contributed by atoms with Crippen molar-refractivity contribution >= 4 is 5.69 Å². The summed E-state index contributed by atoms with van der Waals surface area (Å²) in [6.45, 7) is 10.9. The molecule has 1 fully saturated rings. The van der Waals surface area contributed by atoms with Crippen LogP contribution in [0.2, 0.25) is 0 Å². The third-order valence-corrected chi connectivity index (χ3v) is 3.78. The normalized spacial score (nSPS) is 24.7. The van der Waals surface area contributed by atoms with Crippen molar-refractivity contribution in [2.45, 2.75) is 45.9 Å². The Bertz CT molecular complexity index is 440. The number of morpholine rings is 1. The summed E-state index contributed by atoms with van der Waals surface area (Å²) in [5, 5.41) is 13.6. The van der Waals surface area contributed by atoms with E-state index in [-0.39, 0.29) is 18.2 Å². The largest absolute Gasteiger partial charge is 0.508 e. The molecule has 4 nitrogen and oxygen atoms in total. The first-order chi connectivity index (χ1) is 9.51. The maximum absolute atomic E-state index is 10.3. The summed E-state index contributed by atoms with van der Waals surface area (Å²) in [5.41, 5.74) is 2.02. The molecule has 1 unspecified atom stereocenters. The van der Waals surface area contributed by atoms with Crippen molar-refractivity contribution in [2.75, 3.05) is 24.5 Å². The zero-order chi connectivity index (χ0) is 14.7. The van der Waals surface area contributed by atoms with E-state index in [4.69, 9.17) is 4.74 Å². The van der Waals surface area contributed by atoms with Crippen LogP contribution in [0.3, 0.4) is 0 Å². The van der Waals surface area contributed by atoms with E-state index in [1.165, 1.54) is 0 Å². The number of nitrogens with one attached hydrogen (secondary N) is 1. The molecule has 112 valence electrons. The topological polar surface area (TPSA) is 44.7 Å². The van der Waals surface area contributed by atoms with Gasteiger partial charge in [0.05, 0.1) is 12.2 Å². The van der Waals surface area contributed by atoms with Gasteiger partial charge in [0.1, 0.15) is 5.75 Å². The SMILES string of the molecule is CCNC(C)c1ccc(N2C[C@@H](C)O[C@@H](C)C2)cc1O. The van der Waals surface area contributed by atoms with E-state index in [0.29, 0.717) is 5.75 Å². The molecule has 0 aromatic heterocycles. The Hall–Kier alpha value is -1.26. The molecule has 0 amide bonds. The number of phenolic OH excluding ortho intramolecular Hbond substituents is 1. The number of nitrogens with zero attached hydrogens (tertiary/aromatic N) is 1. The zero-order valence-electron chi connectivity index (χ0n) is 12.9. The highest BCUT2D eigenvalue weighted by Gasteiger charge is 2.23. The van der Waals surface area contributed by atoms with Crippen LogP contribution in [0.4, 0.5) is 5.69 Å². The molecule has 3 atom stereocenters. The third-order valence-electron chi connectivity index (χ3n) is 3.78. The fourth-order valence-electron chi connectivity index (χ4n) is 2.90. The molecule has 2 N–H and O–H groups in total. The fraction of sp³-hybridized carbons (Fsp3) is 0.625. The minimum atomic E-state index is 0.164. The zero-order valence-corrected chi connectivity index (χ0v) is 12.9. The summed E-state index contributed by atoms with van der Waals surface area (Å²) in [5.74, 6) is 0.364. The number of benzene rings is 1. The highest BCUT2D eigenvalue weighted by atomic mass is 16.5. The Morgan fingerprint density at radius 3 is 2.55 bits per heavy atom. The molecule has 0 saturated carbocycles. The minimum Gasteiger partial charge on any atom is -0.508 e. The average molecular weight is 278 g/mol. The Morgan fingerprint density at radius 2 is 2.00 bits per heavy atom. The van der Waals surface area contributed by atoms with Crippen molar-refractivity contribution in [1.29, 1.82) is 0 Å². The van der Waals surface area contributed by atoms with Gasteiger partial charge in [0.2, 0.25) is 0 Å². The van der Waals surface area contributed by atoms with Gasteiger partial charge in [-0.1, -0.05) is 13.0 Å². The van der Waals surface area contributed by atoms with Crippen LogP contribution < -0.4 is 10.2 Å². The molecule has 2 rings (SSSR count). The van der Waals surface area contributed by atoms with E-state index in [1.807, 2.05) is 12.1 Å². The molecule has 20 heavy (non-hydrogen) atoms. The van der Waals surface area contributed by atoms with Gasteiger partial charge in [-0.25, -0.2) is 0 Å². The predicted molar refractivity (Wildman–Crippen MR) is 82.4 cm³/mol. The molecular formula is C16H26N2O2. The van der Waals surface area contributed by atoms with E-state index >= 15 is 0 Å². The lowest BCUT2D eigenvalue weighted by atomic mass is 10.1. The van der Waals surface area contributed by atoms with Gasteiger partial charge in [0.25, 0.3) is 0 Å². The van der Waals surface area contributed by atoms with E-state index in [0.717, 1.165) is 30.9 Å². The maximum Gasteiger partial charge on any atom is 0.122 e. The van der Waals surface area contributed by atoms with Crippen LogP contribution in [-0.4, -0.2) is 36.9 Å². The first kappa shape index (κ1) is 15.1. The molecule has 1 aromatic carbocycles. The number of hydrogen-bond donors (Lipinski definition) is 2. The molecular weight excluding hydrogens is 252 g/mol. The number of hydrogen-bond acceptors (Lipinski definition) is 4. The molecule has 1 aromatic rings. The van der Waals surface area contributed by atoms with Gasteiger partial charge in [0.15, 0.2) is 0 Å². The number of aromatic hydroxyl groups is 1. The van der Waals surface area contributed by atoms with Gasteiger partial charge in [-0.3, -0.25) is 0 Å².